The number of aromatic nitrogens is 1. The van der Waals surface area contributed by atoms with E-state index in [0.29, 0.717) is 0 Å². The van der Waals surface area contributed by atoms with Gasteiger partial charge in [-0.25, -0.2) is 4.98 Å². The number of esters is 1. The van der Waals surface area contributed by atoms with Crippen molar-refractivity contribution in [2.75, 3.05) is 6.61 Å². The van der Waals surface area contributed by atoms with E-state index in [1.54, 1.807) is 0 Å². The van der Waals surface area contributed by atoms with Gasteiger partial charge >= 0.3 is 18.5 Å². The van der Waals surface area contributed by atoms with Crippen LogP contribution in [0.25, 0.3) is 0 Å². The largest absolute Gasteiger partial charge is 0.574 e. The molecule has 0 fully saturated rings. The molecule has 0 N–H and O–H groups in total. The lowest BCUT2D eigenvalue weighted by molar-refractivity contribution is -0.276. The number of nitrogens with zero attached hydrogens (tertiary/aromatic N) is 1. The van der Waals surface area contributed by atoms with Gasteiger partial charge in [0.2, 0.25) is 5.88 Å². The number of carbonyl (C=O) groups excluding carboxylic acids is 1. The second-order valence-electron chi connectivity index (χ2n) is 4.10. The van der Waals surface area contributed by atoms with Gasteiger partial charge in [-0.15, -0.1) is 24.8 Å². The lowest BCUT2D eigenvalue weighted by Crippen LogP contribution is -2.22. The van der Waals surface area contributed by atoms with Crippen LogP contribution < -0.4 is 4.74 Å². The molecule has 1 rings (SSSR count). The molecule has 0 atom stereocenters. The summed E-state index contributed by atoms with van der Waals surface area (Å²) in [4.78, 5) is 14.5. The summed E-state index contributed by atoms with van der Waals surface area (Å²) in [6.45, 7) is 1.33. The third-order valence-corrected chi connectivity index (χ3v) is 2.80. The third-order valence-electron chi connectivity index (χ3n) is 2.54. The van der Waals surface area contributed by atoms with Crippen LogP contribution in [0, 0.1) is 0 Å². The molecule has 0 aliphatic heterocycles. The molecule has 130 valence electrons. The number of rotatable bonds is 5. The minimum Gasteiger partial charge on any atom is -0.466 e. The minimum absolute atomic E-state index is 0.100. The second kappa shape index (κ2) is 7.24. The average molecular weight is 366 g/mol. The van der Waals surface area contributed by atoms with Gasteiger partial charge in [0.1, 0.15) is 0 Å². The van der Waals surface area contributed by atoms with E-state index in [-0.39, 0.29) is 12.8 Å². The van der Waals surface area contributed by atoms with E-state index in [9.17, 15) is 31.1 Å². The highest BCUT2D eigenvalue weighted by Gasteiger charge is 2.38. The Morgan fingerprint density at radius 2 is 1.83 bits per heavy atom. The monoisotopic (exact) mass is 365 g/mol. The summed E-state index contributed by atoms with van der Waals surface area (Å²) in [5.41, 5.74) is -2.78. The van der Waals surface area contributed by atoms with Crippen LogP contribution in [0.4, 0.5) is 26.3 Å². The van der Waals surface area contributed by atoms with Crippen molar-refractivity contribution in [3.05, 3.63) is 22.9 Å². The molecule has 0 radical (unpaired) electrons. The first kappa shape index (κ1) is 19.3. The van der Waals surface area contributed by atoms with Crippen molar-refractivity contribution in [1.82, 2.24) is 4.98 Å². The second-order valence-corrected chi connectivity index (χ2v) is 4.36. The van der Waals surface area contributed by atoms with Gasteiger partial charge in [0, 0.05) is 17.6 Å². The van der Waals surface area contributed by atoms with Crippen LogP contribution in [0.5, 0.6) is 5.88 Å². The fourth-order valence-corrected chi connectivity index (χ4v) is 2.01. The Kier molecular flexibility index (Phi) is 6.09. The Morgan fingerprint density at radius 3 is 2.26 bits per heavy atom. The molecule has 0 aromatic carbocycles. The highest BCUT2D eigenvalue weighted by atomic mass is 35.5. The zero-order valence-electron chi connectivity index (χ0n) is 11.5. The Bertz CT molecular complexity index is 573. The van der Waals surface area contributed by atoms with Crippen LogP contribution in [0.15, 0.2) is 6.20 Å². The average Bonchev–Trinajstić information content (AvgIpc) is 2.37. The van der Waals surface area contributed by atoms with Crippen LogP contribution in [-0.4, -0.2) is 23.9 Å². The molecule has 23 heavy (non-hydrogen) atoms. The maximum Gasteiger partial charge on any atom is 0.574 e. The van der Waals surface area contributed by atoms with Gasteiger partial charge in [0.05, 0.1) is 18.6 Å². The number of ether oxygens (including phenoxy) is 2. The molecule has 1 heterocycles. The Balaban J connectivity index is 3.44. The van der Waals surface area contributed by atoms with E-state index in [4.69, 9.17) is 11.6 Å². The molecular formula is C12H10ClF6NO3. The summed E-state index contributed by atoms with van der Waals surface area (Å²) in [5.74, 6) is -3.00. The fraction of sp³-hybridized carbons (Fsp3) is 0.500. The molecule has 0 saturated carbocycles. The number of pyridine rings is 1. The van der Waals surface area contributed by atoms with Gasteiger partial charge in [0.25, 0.3) is 0 Å². The van der Waals surface area contributed by atoms with Crippen molar-refractivity contribution in [2.45, 2.75) is 31.8 Å². The van der Waals surface area contributed by atoms with Crippen LogP contribution in [0.3, 0.4) is 0 Å². The van der Waals surface area contributed by atoms with Crippen LogP contribution in [0.1, 0.15) is 23.6 Å². The van der Waals surface area contributed by atoms with E-state index in [0.717, 1.165) is 0 Å². The first-order chi connectivity index (χ1) is 10.5. The van der Waals surface area contributed by atoms with Crippen molar-refractivity contribution >= 4 is 17.6 Å². The molecule has 0 amide bonds. The summed E-state index contributed by atoms with van der Waals surface area (Å²) in [6.07, 6.45) is -10.8. The van der Waals surface area contributed by atoms with Crippen LogP contribution >= 0.6 is 11.6 Å². The van der Waals surface area contributed by atoms with E-state index in [1.165, 1.54) is 6.92 Å². The molecule has 0 aliphatic rings. The standard InChI is InChI=1S/C12H10ClF6NO3/c1-2-22-9(21)3-6-7(4-13)8(11(14,15)16)5-20-10(6)23-12(17,18)19/h5H,2-4H2,1H3. The number of carbonyl (C=O) groups is 1. The first-order valence-electron chi connectivity index (χ1n) is 6.04. The molecular weight excluding hydrogens is 356 g/mol. The van der Waals surface area contributed by atoms with Gasteiger partial charge in [-0.1, -0.05) is 0 Å². The molecule has 0 unspecified atom stereocenters. The summed E-state index contributed by atoms with van der Waals surface area (Å²) in [6, 6.07) is 0. The van der Waals surface area contributed by atoms with Crippen LogP contribution in [0.2, 0.25) is 0 Å². The van der Waals surface area contributed by atoms with Gasteiger partial charge < -0.3 is 9.47 Å². The first-order valence-corrected chi connectivity index (χ1v) is 6.58. The summed E-state index contributed by atoms with van der Waals surface area (Å²) >= 11 is 5.43. The van der Waals surface area contributed by atoms with Gasteiger partial charge in [-0.2, -0.15) is 13.2 Å². The van der Waals surface area contributed by atoms with E-state index >= 15 is 0 Å². The van der Waals surface area contributed by atoms with Crippen molar-refractivity contribution in [2.24, 2.45) is 0 Å². The quantitative estimate of drug-likeness (QED) is 0.452. The zero-order chi connectivity index (χ0) is 17.8. The summed E-state index contributed by atoms with van der Waals surface area (Å²) < 4.78 is 83.8. The smallest absolute Gasteiger partial charge is 0.466 e. The van der Waals surface area contributed by atoms with Crippen LogP contribution in [-0.2, 0) is 28.0 Å². The van der Waals surface area contributed by atoms with Crippen molar-refractivity contribution < 1.29 is 40.6 Å². The summed E-state index contributed by atoms with van der Waals surface area (Å²) in [5, 5.41) is 0. The number of alkyl halides is 7. The molecule has 0 saturated heterocycles. The third kappa shape index (κ3) is 5.45. The molecule has 11 heteroatoms. The molecule has 1 aromatic heterocycles. The Morgan fingerprint density at radius 1 is 1.22 bits per heavy atom. The maximum absolute atomic E-state index is 12.9. The SMILES string of the molecule is CCOC(=O)Cc1c(OC(F)(F)F)ncc(C(F)(F)F)c1CCl. The lowest BCUT2D eigenvalue weighted by Gasteiger charge is -2.18. The van der Waals surface area contributed by atoms with Gasteiger partial charge in [-0.3, -0.25) is 4.79 Å². The van der Waals surface area contributed by atoms with Gasteiger partial charge in [-0.05, 0) is 12.5 Å². The van der Waals surface area contributed by atoms with E-state index < -0.39 is 53.4 Å². The Labute approximate surface area is 131 Å². The number of halogens is 7. The highest BCUT2D eigenvalue weighted by Crippen LogP contribution is 2.37. The summed E-state index contributed by atoms with van der Waals surface area (Å²) in [7, 11) is 0. The van der Waals surface area contributed by atoms with Crippen molar-refractivity contribution in [3.63, 3.8) is 0 Å². The molecule has 4 nitrogen and oxygen atoms in total. The molecule has 0 spiro atoms. The highest BCUT2D eigenvalue weighted by molar-refractivity contribution is 6.17. The van der Waals surface area contributed by atoms with Crippen molar-refractivity contribution in [3.8, 4) is 5.88 Å². The number of hydrogen-bond acceptors (Lipinski definition) is 4. The Hall–Kier alpha value is -1.71. The van der Waals surface area contributed by atoms with E-state index in [2.05, 4.69) is 14.5 Å². The van der Waals surface area contributed by atoms with Gasteiger partial charge in [0.15, 0.2) is 0 Å². The molecule has 1 aromatic rings. The number of hydrogen-bond donors (Lipinski definition) is 0. The maximum atomic E-state index is 12.9. The normalized spacial score (nSPS) is 12.2. The van der Waals surface area contributed by atoms with E-state index in [1.807, 2.05) is 0 Å². The zero-order valence-corrected chi connectivity index (χ0v) is 12.3. The molecule has 0 bridgehead atoms. The van der Waals surface area contributed by atoms with Crippen molar-refractivity contribution in [1.29, 1.82) is 0 Å². The molecule has 0 aliphatic carbocycles. The minimum atomic E-state index is -5.19. The fourth-order valence-electron chi connectivity index (χ4n) is 1.70. The lowest BCUT2D eigenvalue weighted by atomic mass is 10.0. The predicted octanol–water partition coefficient (Wildman–Crippen LogP) is 3.84. The topological polar surface area (TPSA) is 48.4 Å². The predicted molar refractivity (Wildman–Crippen MR) is 65.8 cm³/mol.